The van der Waals surface area contributed by atoms with E-state index in [2.05, 4.69) is 4.98 Å². The van der Waals surface area contributed by atoms with E-state index in [-0.39, 0.29) is 28.9 Å². The molecule has 0 aliphatic rings. The molecule has 1 atom stereocenters. The summed E-state index contributed by atoms with van der Waals surface area (Å²) in [5, 5.41) is 11.8. The van der Waals surface area contributed by atoms with Crippen LogP contribution < -0.4 is 15.9 Å². The second-order valence-corrected chi connectivity index (χ2v) is 6.99. The van der Waals surface area contributed by atoms with Crippen molar-refractivity contribution in [1.82, 2.24) is 4.98 Å². The van der Waals surface area contributed by atoms with Gasteiger partial charge in [0.05, 0.1) is 37.1 Å². The monoisotopic (exact) mass is 421 g/mol. The molecule has 0 saturated heterocycles. The van der Waals surface area contributed by atoms with Crippen LogP contribution in [0.5, 0.6) is 11.5 Å². The minimum absolute atomic E-state index is 0.126. The Morgan fingerprint density at radius 2 is 1.90 bits per heavy atom. The van der Waals surface area contributed by atoms with Gasteiger partial charge in [-0.3, -0.25) is 9.59 Å². The number of carbonyl (C=O) groups excluding carboxylic acids is 1. The maximum atomic E-state index is 12.9. The Balaban J connectivity index is 1.98. The highest BCUT2D eigenvalue weighted by Gasteiger charge is 2.29. The number of carbonyl (C=O) groups is 1. The molecule has 2 N–H and O–H groups in total. The van der Waals surface area contributed by atoms with Crippen LogP contribution in [0.1, 0.15) is 23.5 Å². The molecule has 0 unspecified atom stereocenters. The van der Waals surface area contributed by atoms with Gasteiger partial charge in [-0.25, -0.2) is 4.79 Å². The molecule has 4 aromatic rings. The van der Waals surface area contributed by atoms with E-state index < -0.39 is 23.1 Å². The summed E-state index contributed by atoms with van der Waals surface area (Å²) in [5.41, 5.74) is -0.672. The number of ether oxygens (including phenoxy) is 2. The number of aromatic nitrogens is 1. The van der Waals surface area contributed by atoms with Crippen molar-refractivity contribution in [2.75, 3.05) is 14.2 Å². The fourth-order valence-corrected chi connectivity index (χ4v) is 3.66. The first kappa shape index (κ1) is 20.2. The quantitative estimate of drug-likeness (QED) is 0.375. The second kappa shape index (κ2) is 7.98. The fraction of sp³-hybridized carbons (Fsp3) is 0.174. The minimum atomic E-state index is -1.08. The molecule has 0 radical (unpaired) electrons. The number of benzene rings is 2. The number of aromatic hydroxyl groups is 1. The molecule has 8 nitrogen and oxygen atoms in total. The van der Waals surface area contributed by atoms with Crippen molar-refractivity contribution in [3.8, 4) is 11.5 Å². The molecule has 2 aromatic carbocycles. The molecular formula is C23H19NO7. The number of pyridine rings is 1. The van der Waals surface area contributed by atoms with Crippen molar-refractivity contribution in [2.45, 2.75) is 12.3 Å². The van der Waals surface area contributed by atoms with Crippen molar-refractivity contribution in [1.29, 1.82) is 0 Å². The van der Waals surface area contributed by atoms with E-state index in [0.29, 0.717) is 22.0 Å². The molecule has 0 aliphatic carbocycles. The summed E-state index contributed by atoms with van der Waals surface area (Å²) in [5.74, 6) is -1.50. The van der Waals surface area contributed by atoms with E-state index in [9.17, 15) is 19.5 Å². The topological polar surface area (TPSA) is 119 Å². The molecule has 0 amide bonds. The molecule has 8 heteroatoms. The summed E-state index contributed by atoms with van der Waals surface area (Å²) in [6.45, 7) is 0. The van der Waals surface area contributed by atoms with E-state index in [0.717, 1.165) is 0 Å². The molecule has 0 spiro atoms. The zero-order chi connectivity index (χ0) is 22.1. The van der Waals surface area contributed by atoms with Gasteiger partial charge in [-0.1, -0.05) is 12.1 Å². The Kier molecular flexibility index (Phi) is 5.21. The number of fused-ring (bicyclic) bond motifs is 2. The smallest absolute Gasteiger partial charge is 0.343 e. The lowest BCUT2D eigenvalue weighted by molar-refractivity contribution is -0.140. The number of nitrogens with one attached hydrogen (secondary N) is 1. The summed E-state index contributed by atoms with van der Waals surface area (Å²) >= 11 is 0. The number of rotatable bonds is 5. The van der Waals surface area contributed by atoms with E-state index >= 15 is 0 Å². The highest BCUT2D eigenvalue weighted by molar-refractivity contribution is 5.85. The maximum Gasteiger partial charge on any atom is 0.343 e. The van der Waals surface area contributed by atoms with Gasteiger partial charge in [-0.2, -0.15) is 0 Å². The van der Waals surface area contributed by atoms with Crippen LogP contribution in [0.15, 0.2) is 62.5 Å². The minimum Gasteiger partial charge on any atom is -0.507 e. The van der Waals surface area contributed by atoms with E-state index in [1.807, 2.05) is 0 Å². The third-order valence-electron chi connectivity index (χ3n) is 5.22. The third-order valence-corrected chi connectivity index (χ3v) is 5.22. The zero-order valence-electron chi connectivity index (χ0n) is 16.8. The summed E-state index contributed by atoms with van der Waals surface area (Å²) in [6, 6.07) is 13.2. The van der Waals surface area contributed by atoms with Gasteiger partial charge in [0.2, 0.25) is 0 Å². The highest BCUT2D eigenvalue weighted by atomic mass is 16.5. The number of esters is 1. The van der Waals surface area contributed by atoms with Gasteiger partial charge in [0.1, 0.15) is 17.1 Å². The van der Waals surface area contributed by atoms with Crippen LogP contribution >= 0.6 is 0 Å². The van der Waals surface area contributed by atoms with Crippen molar-refractivity contribution in [3.05, 3.63) is 80.4 Å². The van der Waals surface area contributed by atoms with Gasteiger partial charge in [0.15, 0.2) is 0 Å². The van der Waals surface area contributed by atoms with Gasteiger partial charge in [0.25, 0.3) is 5.56 Å². The summed E-state index contributed by atoms with van der Waals surface area (Å²) in [6.07, 6.45) is -0.335. The Morgan fingerprint density at radius 3 is 2.65 bits per heavy atom. The Labute approximate surface area is 175 Å². The van der Waals surface area contributed by atoms with Crippen LogP contribution in [-0.2, 0) is 9.53 Å². The zero-order valence-corrected chi connectivity index (χ0v) is 16.8. The van der Waals surface area contributed by atoms with Crippen LogP contribution in [0, 0.1) is 0 Å². The summed E-state index contributed by atoms with van der Waals surface area (Å²) in [7, 11) is 2.72. The molecule has 2 aromatic heterocycles. The van der Waals surface area contributed by atoms with Crippen molar-refractivity contribution < 1.29 is 23.8 Å². The average Bonchev–Trinajstić information content (AvgIpc) is 2.77. The lowest BCUT2D eigenvalue weighted by Gasteiger charge is -2.17. The number of methoxy groups -OCH3 is 2. The first-order valence-corrected chi connectivity index (χ1v) is 9.45. The SMILES string of the molecule is COC(=O)C[C@@H](c1cc2ccc(OC)cc2[nH]c1=O)c1c(O)c2ccccc2oc1=O. The Morgan fingerprint density at radius 1 is 1.13 bits per heavy atom. The maximum absolute atomic E-state index is 12.9. The molecule has 0 saturated carbocycles. The van der Waals surface area contributed by atoms with Crippen LogP contribution in [0.25, 0.3) is 21.9 Å². The van der Waals surface area contributed by atoms with Gasteiger partial charge in [-0.05, 0) is 35.7 Å². The van der Waals surface area contributed by atoms with Gasteiger partial charge < -0.3 is 24.0 Å². The molecule has 0 fully saturated rings. The molecule has 0 bridgehead atoms. The number of para-hydroxylation sites is 1. The average molecular weight is 421 g/mol. The van der Waals surface area contributed by atoms with Gasteiger partial charge in [-0.15, -0.1) is 0 Å². The van der Waals surface area contributed by atoms with Crippen LogP contribution in [0.4, 0.5) is 0 Å². The van der Waals surface area contributed by atoms with Crippen molar-refractivity contribution >= 4 is 27.8 Å². The number of aromatic amines is 1. The fourth-order valence-electron chi connectivity index (χ4n) is 3.66. The molecule has 2 heterocycles. The number of hydrogen-bond acceptors (Lipinski definition) is 7. The van der Waals surface area contributed by atoms with Crippen molar-refractivity contribution in [3.63, 3.8) is 0 Å². The number of H-pyrrole nitrogens is 1. The van der Waals surface area contributed by atoms with E-state index in [4.69, 9.17) is 13.9 Å². The molecular weight excluding hydrogens is 402 g/mol. The lowest BCUT2D eigenvalue weighted by Crippen LogP contribution is -2.24. The van der Waals surface area contributed by atoms with Gasteiger partial charge in [0, 0.05) is 17.5 Å². The molecule has 31 heavy (non-hydrogen) atoms. The Bertz CT molecular complexity index is 1420. The predicted molar refractivity (Wildman–Crippen MR) is 114 cm³/mol. The van der Waals surface area contributed by atoms with E-state index in [1.54, 1.807) is 48.5 Å². The Hall–Kier alpha value is -4.07. The van der Waals surface area contributed by atoms with E-state index in [1.165, 1.54) is 14.2 Å². The second-order valence-electron chi connectivity index (χ2n) is 6.99. The first-order valence-electron chi connectivity index (χ1n) is 9.45. The predicted octanol–water partition coefficient (Wildman–Crippen LogP) is 3.04. The molecule has 158 valence electrons. The standard InChI is InChI=1S/C23H19NO7/c1-29-13-8-7-12-9-16(22(27)24-17(12)10-13)15(11-19(25)30-2)20-21(26)14-5-3-4-6-18(14)31-23(20)28/h3-10,15,26H,11H2,1-2H3,(H,24,27)/t15-/m0/s1. The van der Waals surface area contributed by atoms with Crippen molar-refractivity contribution in [2.24, 2.45) is 0 Å². The number of hydrogen-bond donors (Lipinski definition) is 2. The van der Waals surface area contributed by atoms with Crippen LogP contribution in [0.2, 0.25) is 0 Å². The third kappa shape index (κ3) is 3.63. The highest BCUT2D eigenvalue weighted by Crippen LogP contribution is 2.36. The largest absolute Gasteiger partial charge is 0.507 e. The van der Waals surface area contributed by atoms with Gasteiger partial charge >= 0.3 is 11.6 Å². The van der Waals surface area contributed by atoms with Crippen LogP contribution in [0.3, 0.4) is 0 Å². The summed E-state index contributed by atoms with van der Waals surface area (Å²) < 4.78 is 15.3. The molecule has 4 rings (SSSR count). The summed E-state index contributed by atoms with van der Waals surface area (Å²) in [4.78, 5) is 40.6. The normalized spacial score (nSPS) is 12.1. The molecule has 0 aliphatic heterocycles. The lowest BCUT2D eigenvalue weighted by atomic mass is 9.88. The first-order chi connectivity index (χ1) is 14.9. The van der Waals surface area contributed by atoms with Crippen LogP contribution in [-0.4, -0.2) is 30.3 Å².